The van der Waals surface area contributed by atoms with E-state index in [1.165, 1.54) is 56.1 Å². The first kappa shape index (κ1) is 13.6. The Morgan fingerprint density at radius 2 is 1.83 bits per heavy atom. The van der Waals surface area contributed by atoms with Crippen molar-refractivity contribution in [2.75, 3.05) is 0 Å². The van der Waals surface area contributed by atoms with Crippen LogP contribution in [0.15, 0.2) is 24.3 Å². The summed E-state index contributed by atoms with van der Waals surface area (Å²) in [5.41, 5.74) is 6.10. The maximum Gasteiger partial charge on any atom is 0.0245 e. The van der Waals surface area contributed by atoms with E-state index >= 15 is 0 Å². The first-order valence-electron chi connectivity index (χ1n) is 7.38. The van der Waals surface area contributed by atoms with Gasteiger partial charge in [0.25, 0.3) is 0 Å². The number of hydrogen-bond donors (Lipinski definition) is 2. The average molecular weight is 246 g/mol. The van der Waals surface area contributed by atoms with Crippen LogP contribution in [0, 0.1) is 5.92 Å². The molecule has 3 N–H and O–H groups in total. The molecule has 100 valence electrons. The standard InChI is InChI=1S/C16H26N2/c1-2-3-4-5-10-16(18-17)15-11-13-8-6-7-9-14(13)12-15/h6-9,15-16,18H,2-5,10-12,17H2,1H3. The predicted molar refractivity (Wildman–Crippen MR) is 77.2 cm³/mol. The van der Waals surface area contributed by atoms with Crippen LogP contribution in [0.25, 0.3) is 0 Å². The van der Waals surface area contributed by atoms with Gasteiger partial charge in [-0.1, -0.05) is 56.9 Å². The summed E-state index contributed by atoms with van der Waals surface area (Å²) in [6, 6.07) is 9.30. The second kappa shape index (κ2) is 6.91. The molecular formula is C16H26N2. The number of nitrogens with two attached hydrogens (primary N) is 1. The van der Waals surface area contributed by atoms with E-state index in [9.17, 15) is 0 Å². The fourth-order valence-electron chi connectivity index (χ4n) is 3.12. The Hall–Kier alpha value is -0.860. The normalized spacial score (nSPS) is 16.8. The summed E-state index contributed by atoms with van der Waals surface area (Å²) in [6.07, 6.45) is 8.90. The first-order chi connectivity index (χ1) is 8.85. The van der Waals surface area contributed by atoms with Crippen LogP contribution in [0.1, 0.15) is 50.2 Å². The lowest BCUT2D eigenvalue weighted by Gasteiger charge is -2.22. The van der Waals surface area contributed by atoms with Gasteiger partial charge in [0.2, 0.25) is 0 Å². The number of unbranched alkanes of at least 4 members (excludes halogenated alkanes) is 3. The van der Waals surface area contributed by atoms with E-state index in [1.807, 2.05) is 0 Å². The van der Waals surface area contributed by atoms with Crippen molar-refractivity contribution in [3.05, 3.63) is 35.4 Å². The third kappa shape index (κ3) is 3.33. The molecule has 0 aliphatic heterocycles. The van der Waals surface area contributed by atoms with Crippen LogP contribution < -0.4 is 11.3 Å². The molecule has 0 spiro atoms. The molecule has 0 bridgehead atoms. The van der Waals surface area contributed by atoms with Gasteiger partial charge in [0.05, 0.1) is 0 Å². The zero-order valence-corrected chi connectivity index (χ0v) is 11.5. The van der Waals surface area contributed by atoms with Crippen molar-refractivity contribution in [1.82, 2.24) is 5.43 Å². The van der Waals surface area contributed by atoms with Crippen LogP contribution in [0.3, 0.4) is 0 Å². The van der Waals surface area contributed by atoms with E-state index < -0.39 is 0 Å². The Bertz CT molecular complexity index is 337. The van der Waals surface area contributed by atoms with Gasteiger partial charge in [-0.25, -0.2) is 0 Å². The number of hydrogen-bond acceptors (Lipinski definition) is 2. The molecule has 1 unspecified atom stereocenters. The second-order valence-electron chi connectivity index (χ2n) is 5.56. The molecule has 0 heterocycles. The van der Waals surface area contributed by atoms with Gasteiger partial charge in [0.15, 0.2) is 0 Å². The van der Waals surface area contributed by atoms with Gasteiger partial charge in [-0.15, -0.1) is 0 Å². The molecule has 2 rings (SSSR count). The number of fused-ring (bicyclic) bond motifs is 1. The van der Waals surface area contributed by atoms with Crippen LogP contribution in [-0.4, -0.2) is 6.04 Å². The molecule has 0 aromatic heterocycles. The molecule has 0 saturated carbocycles. The van der Waals surface area contributed by atoms with Crippen LogP contribution in [0.4, 0.5) is 0 Å². The SMILES string of the molecule is CCCCCCC(NN)C1Cc2ccccc2C1. The van der Waals surface area contributed by atoms with Crippen LogP contribution in [0.5, 0.6) is 0 Å². The first-order valence-corrected chi connectivity index (χ1v) is 7.38. The monoisotopic (exact) mass is 246 g/mol. The quantitative estimate of drug-likeness (QED) is 0.440. The number of hydrazine groups is 1. The molecule has 1 aromatic rings. The van der Waals surface area contributed by atoms with Gasteiger partial charge < -0.3 is 0 Å². The van der Waals surface area contributed by atoms with Gasteiger partial charge >= 0.3 is 0 Å². The Morgan fingerprint density at radius 3 is 2.39 bits per heavy atom. The molecule has 0 saturated heterocycles. The zero-order valence-electron chi connectivity index (χ0n) is 11.5. The minimum absolute atomic E-state index is 0.481. The molecular weight excluding hydrogens is 220 g/mol. The minimum Gasteiger partial charge on any atom is -0.271 e. The Labute approximate surface area is 111 Å². The summed E-state index contributed by atoms with van der Waals surface area (Å²) in [4.78, 5) is 0. The molecule has 1 aliphatic carbocycles. The zero-order chi connectivity index (χ0) is 12.8. The van der Waals surface area contributed by atoms with Crippen LogP contribution in [0.2, 0.25) is 0 Å². The van der Waals surface area contributed by atoms with E-state index in [2.05, 4.69) is 36.6 Å². The summed E-state index contributed by atoms with van der Waals surface area (Å²) in [6.45, 7) is 2.26. The van der Waals surface area contributed by atoms with E-state index in [0.29, 0.717) is 12.0 Å². The van der Waals surface area contributed by atoms with Gasteiger partial charge in [-0.3, -0.25) is 11.3 Å². The lowest BCUT2D eigenvalue weighted by Crippen LogP contribution is -2.41. The summed E-state index contributed by atoms with van der Waals surface area (Å²) in [5.74, 6) is 6.44. The van der Waals surface area contributed by atoms with E-state index in [0.717, 1.165) is 0 Å². The molecule has 1 aromatic carbocycles. The minimum atomic E-state index is 0.481. The molecule has 2 nitrogen and oxygen atoms in total. The number of benzene rings is 1. The van der Waals surface area contributed by atoms with Gasteiger partial charge in [-0.2, -0.15) is 0 Å². The second-order valence-corrected chi connectivity index (χ2v) is 5.56. The van der Waals surface area contributed by atoms with E-state index in [4.69, 9.17) is 5.84 Å². The maximum atomic E-state index is 5.75. The van der Waals surface area contributed by atoms with Gasteiger partial charge in [0.1, 0.15) is 0 Å². The molecule has 0 fully saturated rings. The van der Waals surface area contributed by atoms with Crippen molar-refractivity contribution < 1.29 is 0 Å². The molecule has 1 atom stereocenters. The lowest BCUT2D eigenvalue weighted by atomic mass is 9.92. The fourth-order valence-corrected chi connectivity index (χ4v) is 3.12. The van der Waals surface area contributed by atoms with Gasteiger partial charge in [-0.05, 0) is 36.3 Å². The third-order valence-corrected chi connectivity index (χ3v) is 4.23. The number of nitrogens with one attached hydrogen (secondary N) is 1. The summed E-state index contributed by atoms with van der Waals surface area (Å²) >= 11 is 0. The molecule has 0 radical (unpaired) electrons. The number of rotatable bonds is 7. The summed E-state index contributed by atoms with van der Waals surface area (Å²) < 4.78 is 0. The topological polar surface area (TPSA) is 38.0 Å². The van der Waals surface area contributed by atoms with Crippen LogP contribution >= 0.6 is 0 Å². The van der Waals surface area contributed by atoms with Crippen molar-refractivity contribution >= 4 is 0 Å². The Balaban J connectivity index is 1.84. The molecule has 1 aliphatic rings. The van der Waals surface area contributed by atoms with E-state index in [1.54, 1.807) is 0 Å². The highest BCUT2D eigenvalue weighted by Gasteiger charge is 2.27. The Morgan fingerprint density at radius 1 is 1.17 bits per heavy atom. The lowest BCUT2D eigenvalue weighted by molar-refractivity contribution is 0.339. The van der Waals surface area contributed by atoms with Crippen molar-refractivity contribution in [3.8, 4) is 0 Å². The van der Waals surface area contributed by atoms with Crippen molar-refractivity contribution in [2.24, 2.45) is 11.8 Å². The highest BCUT2D eigenvalue weighted by Crippen LogP contribution is 2.30. The molecule has 0 amide bonds. The largest absolute Gasteiger partial charge is 0.271 e. The fraction of sp³-hybridized carbons (Fsp3) is 0.625. The summed E-state index contributed by atoms with van der Waals surface area (Å²) in [7, 11) is 0. The molecule has 18 heavy (non-hydrogen) atoms. The van der Waals surface area contributed by atoms with Crippen molar-refractivity contribution in [3.63, 3.8) is 0 Å². The highest BCUT2D eigenvalue weighted by molar-refractivity contribution is 5.32. The van der Waals surface area contributed by atoms with Crippen molar-refractivity contribution in [2.45, 2.75) is 57.9 Å². The smallest absolute Gasteiger partial charge is 0.0245 e. The predicted octanol–water partition coefficient (Wildman–Crippen LogP) is 3.20. The molecule has 2 heteroatoms. The summed E-state index contributed by atoms with van der Waals surface area (Å²) in [5, 5.41) is 0. The third-order valence-electron chi connectivity index (χ3n) is 4.23. The Kier molecular flexibility index (Phi) is 5.21. The maximum absolute atomic E-state index is 5.75. The van der Waals surface area contributed by atoms with Crippen molar-refractivity contribution in [1.29, 1.82) is 0 Å². The highest BCUT2D eigenvalue weighted by atomic mass is 15.2. The van der Waals surface area contributed by atoms with E-state index in [-0.39, 0.29) is 0 Å². The van der Waals surface area contributed by atoms with Gasteiger partial charge in [0, 0.05) is 6.04 Å². The average Bonchev–Trinajstić information content (AvgIpc) is 2.82. The van der Waals surface area contributed by atoms with Crippen LogP contribution in [-0.2, 0) is 12.8 Å².